The molecule has 0 aliphatic carbocycles. The Morgan fingerprint density at radius 3 is 2.47 bits per heavy atom. The van der Waals surface area contributed by atoms with E-state index in [1.165, 1.54) is 23.5 Å². The quantitative estimate of drug-likeness (QED) is 0.585. The number of amides is 2. The second-order valence-corrected chi connectivity index (χ2v) is 8.04. The van der Waals surface area contributed by atoms with Crippen molar-refractivity contribution in [2.24, 2.45) is 5.92 Å². The van der Waals surface area contributed by atoms with Crippen molar-refractivity contribution in [1.29, 1.82) is 0 Å². The van der Waals surface area contributed by atoms with Crippen molar-refractivity contribution in [1.82, 2.24) is 15.5 Å². The first-order valence-electron chi connectivity index (χ1n) is 9.65. The van der Waals surface area contributed by atoms with Gasteiger partial charge in [-0.25, -0.2) is 4.39 Å². The zero-order valence-corrected chi connectivity index (χ0v) is 17.8. The minimum atomic E-state index is -0.722. The fourth-order valence-corrected chi connectivity index (χ4v) is 3.67. The first kappa shape index (κ1) is 21.6. The number of aromatic nitrogens is 2. The van der Waals surface area contributed by atoms with Crippen molar-refractivity contribution in [3.05, 3.63) is 65.5 Å². The summed E-state index contributed by atoms with van der Waals surface area (Å²) in [4.78, 5) is 25.6. The summed E-state index contributed by atoms with van der Waals surface area (Å²) in [5.74, 6) is -1.06. The maximum absolute atomic E-state index is 13.1. The van der Waals surface area contributed by atoms with E-state index in [0.29, 0.717) is 27.7 Å². The molecule has 0 bridgehead atoms. The van der Waals surface area contributed by atoms with E-state index in [4.69, 9.17) is 0 Å². The molecule has 3 aromatic rings. The lowest BCUT2D eigenvalue weighted by molar-refractivity contribution is -0.119. The maximum Gasteiger partial charge on any atom is 0.252 e. The Morgan fingerprint density at radius 1 is 1.10 bits per heavy atom. The van der Waals surface area contributed by atoms with E-state index in [1.54, 1.807) is 24.3 Å². The molecule has 0 saturated carbocycles. The van der Waals surface area contributed by atoms with Gasteiger partial charge in [0.05, 0.1) is 0 Å². The number of hydrogen-bond donors (Lipinski definition) is 2. The van der Waals surface area contributed by atoms with Crippen LogP contribution in [0.3, 0.4) is 0 Å². The number of carbonyl (C=O) groups is 2. The zero-order valence-electron chi connectivity index (χ0n) is 17.0. The van der Waals surface area contributed by atoms with Crippen molar-refractivity contribution >= 4 is 28.3 Å². The molecule has 6 nitrogen and oxygen atoms in total. The molecule has 0 radical (unpaired) electrons. The van der Waals surface area contributed by atoms with Gasteiger partial charge in [0.1, 0.15) is 16.9 Å². The lowest BCUT2D eigenvalue weighted by Gasteiger charge is -2.23. The summed E-state index contributed by atoms with van der Waals surface area (Å²) in [5.41, 5.74) is 2.08. The molecule has 2 amide bonds. The van der Waals surface area contributed by atoms with Gasteiger partial charge < -0.3 is 5.32 Å². The number of carbonyl (C=O) groups excluding carboxylic acids is 2. The highest BCUT2D eigenvalue weighted by Gasteiger charge is 2.27. The number of rotatable bonds is 7. The third kappa shape index (κ3) is 5.07. The summed E-state index contributed by atoms with van der Waals surface area (Å²) in [5, 5.41) is 14.5. The Labute approximate surface area is 178 Å². The Hall–Kier alpha value is -3.13. The minimum Gasteiger partial charge on any atom is -0.340 e. The number of nitrogens with one attached hydrogen (secondary N) is 2. The minimum absolute atomic E-state index is 0.0811. The van der Waals surface area contributed by atoms with Crippen LogP contribution in [0.15, 0.2) is 48.5 Å². The Balaban J connectivity index is 1.74. The fourth-order valence-electron chi connectivity index (χ4n) is 2.91. The number of hydrogen-bond acceptors (Lipinski definition) is 5. The highest BCUT2D eigenvalue weighted by Crippen LogP contribution is 2.26. The number of benzene rings is 2. The van der Waals surface area contributed by atoms with Gasteiger partial charge in [-0.3, -0.25) is 14.9 Å². The molecule has 2 N–H and O–H groups in total. The van der Waals surface area contributed by atoms with Crippen LogP contribution in [0.2, 0.25) is 0 Å². The predicted molar refractivity (Wildman–Crippen MR) is 116 cm³/mol. The predicted octanol–water partition coefficient (Wildman–Crippen LogP) is 4.44. The van der Waals surface area contributed by atoms with Crippen LogP contribution in [-0.4, -0.2) is 28.1 Å². The molecule has 2 aromatic carbocycles. The zero-order chi connectivity index (χ0) is 21.7. The molecule has 0 spiro atoms. The monoisotopic (exact) mass is 426 g/mol. The molecule has 2 atom stereocenters. The number of halogens is 1. The fraction of sp³-hybridized carbons (Fsp3) is 0.273. The Morgan fingerprint density at radius 2 is 1.80 bits per heavy atom. The average molecular weight is 427 g/mol. The van der Waals surface area contributed by atoms with E-state index in [1.807, 2.05) is 32.9 Å². The number of nitrogens with zero attached hydrogens (tertiary/aromatic N) is 2. The van der Waals surface area contributed by atoms with Crippen LogP contribution in [0.5, 0.6) is 0 Å². The van der Waals surface area contributed by atoms with Crippen LogP contribution in [0, 0.1) is 18.7 Å². The summed E-state index contributed by atoms with van der Waals surface area (Å²) >= 11 is 1.19. The second-order valence-electron chi connectivity index (χ2n) is 7.06. The van der Waals surface area contributed by atoms with E-state index < -0.39 is 6.04 Å². The summed E-state index contributed by atoms with van der Waals surface area (Å²) in [7, 11) is 0. The van der Waals surface area contributed by atoms with Gasteiger partial charge in [-0.2, -0.15) is 0 Å². The van der Waals surface area contributed by atoms with Crippen LogP contribution in [0.25, 0.3) is 10.6 Å². The van der Waals surface area contributed by atoms with Crippen LogP contribution < -0.4 is 10.6 Å². The second kappa shape index (κ2) is 9.58. The summed E-state index contributed by atoms with van der Waals surface area (Å²) in [6, 6.07) is 12.4. The molecule has 0 fully saturated rings. The molecule has 1 heterocycles. The molecule has 3 rings (SSSR count). The van der Waals surface area contributed by atoms with E-state index in [2.05, 4.69) is 20.8 Å². The topological polar surface area (TPSA) is 84.0 Å². The van der Waals surface area contributed by atoms with Crippen molar-refractivity contribution in [2.45, 2.75) is 33.2 Å². The van der Waals surface area contributed by atoms with Crippen LogP contribution in [0.1, 0.15) is 36.2 Å². The van der Waals surface area contributed by atoms with Gasteiger partial charge in [0.2, 0.25) is 11.0 Å². The Bertz CT molecular complexity index is 1040. The van der Waals surface area contributed by atoms with E-state index in [0.717, 1.165) is 5.56 Å². The van der Waals surface area contributed by atoms with Crippen LogP contribution in [-0.2, 0) is 4.79 Å². The highest BCUT2D eigenvalue weighted by molar-refractivity contribution is 7.18. The molecule has 0 aliphatic heterocycles. The number of aryl methyl sites for hydroxylation is 1. The third-order valence-corrected chi connectivity index (χ3v) is 5.81. The standard InChI is InChI=1S/C22H23FN4O2S/c1-4-13(2)18(24-19(28)17-8-6-5-7-14(17)3)20(29)25-22-27-26-21(30-22)15-9-11-16(23)12-10-15/h5-13,18H,4H2,1-3H3,(H,24,28)(H,25,27,29). The average Bonchev–Trinajstić information content (AvgIpc) is 3.20. The van der Waals surface area contributed by atoms with Crippen LogP contribution >= 0.6 is 11.3 Å². The molecule has 8 heteroatoms. The van der Waals surface area contributed by atoms with Gasteiger partial charge in [-0.1, -0.05) is 49.8 Å². The van der Waals surface area contributed by atoms with Crippen molar-refractivity contribution in [3.8, 4) is 10.6 Å². The van der Waals surface area contributed by atoms with Gasteiger partial charge >= 0.3 is 0 Å². The smallest absolute Gasteiger partial charge is 0.252 e. The van der Waals surface area contributed by atoms with Gasteiger partial charge in [0.15, 0.2) is 0 Å². The molecular formula is C22H23FN4O2S. The number of anilines is 1. The van der Waals surface area contributed by atoms with Crippen LogP contribution in [0.4, 0.5) is 9.52 Å². The van der Waals surface area contributed by atoms with Gasteiger partial charge in [0, 0.05) is 11.1 Å². The van der Waals surface area contributed by atoms with Crippen molar-refractivity contribution in [2.75, 3.05) is 5.32 Å². The third-order valence-electron chi connectivity index (χ3n) is 4.92. The van der Waals surface area contributed by atoms with Gasteiger partial charge in [-0.15, -0.1) is 10.2 Å². The molecule has 156 valence electrons. The lowest BCUT2D eigenvalue weighted by atomic mass is 9.97. The highest BCUT2D eigenvalue weighted by atomic mass is 32.1. The first-order valence-corrected chi connectivity index (χ1v) is 10.5. The SMILES string of the molecule is CCC(C)C(NC(=O)c1ccccc1C)C(=O)Nc1nnc(-c2ccc(F)cc2)s1. The van der Waals surface area contributed by atoms with E-state index >= 15 is 0 Å². The van der Waals surface area contributed by atoms with E-state index in [9.17, 15) is 14.0 Å². The van der Waals surface area contributed by atoms with Crippen molar-refractivity contribution < 1.29 is 14.0 Å². The Kier molecular flexibility index (Phi) is 6.89. The molecule has 2 unspecified atom stereocenters. The largest absolute Gasteiger partial charge is 0.340 e. The molecule has 1 aromatic heterocycles. The van der Waals surface area contributed by atoms with Gasteiger partial charge in [-0.05, 0) is 48.7 Å². The first-order chi connectivity index (χ1) is 14.4. The molecule has 30 heavy (non-hydrogen) atoms. The lowest BCUT2D eigenvalue weighted by Crippen LogP contribution is -2.47. The normalized spacial score (nSPS) is 12.8. The molecular weight excluding hydrogens is 403 g/mol. The van der Waals surface area contributed by atoms with Crippen molar-refractivity contribution in [3.63, 3.8) is 0 Å². The summed E-state index contributed by atoms with van der Waals surface area (Å²) in [6.45, 7) is 5.72. The maximum atomic E-state index is 13.1. The summed E-state index contributed by atoms with van der Waals surface area (Å²) in [6.07, 6.45) is 0.711. The van der Waals surface area contributed by atoms with Gasteiger partial charge in [0.25, 0.3) is 5.91 Å². The summed E-state index contributed by atoms with van der Waals surface area (Å²) < 4.78 is 13.1. The molecule has 0 aliphatic rings. The van der Waals surface area contributed by atoms with E-state index in [-0.39, 0.29) is 23.5 Å². The molecule has 0 saturated heterocycles.